The Hall–Kier alpha value is -0.770. The maximum absolute atomic E-state index is 5.88. The summed E-state index contributed by atoms with van der Waals surface area (Å²) in [6, 6.07) is 0.605. The van der Waals surface area contributed by atoms with Gasteiger partial charge in [-0.15, -0.1) is 0 Å². The summed E-state index contributed by atoms with van der Waals surface area (Å²) in [6.45, 7) is 4.37. The van der Waals surface area contributed by atoms with Crippen molar-refractivity contribution in [3.05, 3.63) is 16.2 Å². The maximum Gasteiger partial charge on any atom is 0.143 e. The van der Waals surface area contributed by atoms with Crippen LogP contribution in [0.2, 0.25) is 0 Å². The standard InChI is InChI=1S/C14H22BrN3/c1-9-4-6-11(7-5-9)18(3)14-13(15)10(2)12(16)8-17-14/h8-9,11H,4-7,16H2,1-3H3. The Bertz CT molecular complexity index is 425. The number of nitrogens with two attached hydrogens (primary N) is 1. The van der Waals surface area contributed by atoms with Gasteiger partial charge in [-0.05, 0) is 60.0 Å². The quantitative estimate of drug-likeness (QED) is 0.904. The average Bonchev–Trinajstić information content (AvgIpc) is 2.36. The lowest BCUT2D eigenvalue weighted by Crippen LogP contribution is -2.35. The van der Waals surface area contributed by atoms with Crippen LogP contribution in [0.3, 0.4) is 0 Å². The summed E-state index contributed by atoms with van der Waals surface area (Å²) in [7, 11) is 2.14. The second-order valence-electron chi connectivity index (χ2n) is 5.50. The van der Waals surface area contributed by atoms with Crippen molar-refractivity contribution in [1.29, 1.82) is 0 Å². The fourth-order valence-corrected chi connectivity index (χ4v) is 3.24. The van der Waals surface area contributed by atoms with E-state index in [9.17, 15) is 0 Å². The lowest BCUT2D eigenvalue weighted by atomic mass is 9.87. The zero-order valence-electron chi connectivity index (χ0n) is 11.4. The molecule has 1 aliphatic rings. The Balaban J connectivity index is 2.18. The number of halogens is 1. The Morgan fingerprint density at radius 3 is 2.56 bits per heavy atom. The first-order valence-corrected chi connectivity index (χ1v) is 7.43. The summed E-state index contributed by atoms with van der Waals surface area (Å²) in [5.74, 6) is 1.89. The molecule has 1 aliphatic carbocycles. The third-order valence-corrected chi connectivity index (χ3v) is 5.10. The fraction of sp³-hybridized carbons (Fsp3) is 0.643. The zero-order chi connectivity index (χ0) is 13.3. The molecule has 0 spiro atoms. The van der Waals surface area contributed by atoms with E-state index in [0.29, 0.717) is 6.04 Å². The van der Waals surface area contributed by atoms with Crippen LogP contribution in [0.4, 0.5) is 11.5 Å². The molecule has 1 aromatic rings. The summed E-state index contributed by atoms with van der Waals surface area (Å²) < 4.78 is 1.03. The number of anilines is 2. The Morgan fingerprint density at radius 2 is 1.94 bits per heavy atom. The number of hydrogen-bond donors (Lipinski definition) is 1. The molecule has 3 nitrogen and oxygen atoms in total. The van der Waals surface area contributed by atoms with Crippen molar-refractivity contribution in [2.75, 3.05) is 17.7 Å². The minimum absolute atomic E-state index is 0.605. The highest BCUT2D eigenvalue weighted by Crippen LogP contribution is 2.34. The van der Waals surface area contributed by atoms with Gasteiger partial charge in [-0.2, -0.15) is 0 Å². The van der Waals surface area contributed by atoms with Gasteiger partial charge < -0.3 is 10.6 Å². The molecular formula is C14H22BrN3. The van der Waals surface area contributed by atoms with E-state index in [1.54, 1.807) is 6.20 Å². The van der Waals surface area contributed by atoms with Gasteiger partial charge in [0, 0.05) is 13.1 Å². The predicted octanol–water partition coefficient (Wildman–Crippen LogP) is 3.75. The van der Waals surface area contributed by atoms with Crippen molar-refractivity contribution < 1.29 is 0 Å². The number of nitrogens with zero attached hydrogens (tertiary/aromatic N) is 2. The van der Waals surface area contributed by atoms with Crippen molar-refractivity contribution >= 4 is 27.4 Å². The lowest BCUT2D eigenvalue weighted by molar-refractivity contribution is 0.340. The molecule has 1 saturated carbocycles. The second-order valence-corrected chi connectivity index (χ2v) is 6.29. The number of hydrogen-bond acceptors (Lipinski definition) is 3. The van der Waals surface area contributed by atoms with Gasteiger partial charge in [0.15, 0.2) is 0 Å². The van der Waals surface area contributed by atoms with Crippen LogP contribution in [-0.4, -0.2) is 18.1 Å². The molecule has 2 N–H and O–H groups in total. The van der Waals surface area contributed by atoms with E-state index in [0.717, 1.165) is 27.5 Å². The lowest BCUT2D eigenvalue weighted by Gasteiger charge is -2.35. The van der Waals surface area contributed by atoms with Crippen molar-refractivity contribution in [3.8, 4) is 0 Å². The normalized spacial score (nSPS) is 24.0. The minimum atomic E-state index is 0.605. The third-order valence-electron chi connectivity index (χ3n) is 4.15. The van der Waals surface area contributed by atoms with Crippen LogP contribution >= 0.6 is 15.9 Å². The first-order valence-electron chi connectivity index (χ1n) is 6.64. The Labute approximate surface area is 118 Å². The van der Waals surface area contributed by atoms with Crippen LogP contribution < -0.4 is 10.6 Å². The Kier molecular flexibility index (Phi) is 4.15. The average molecular weight is 312 g/mol. The molecule has 0 bridgehead atoms. The largest absolute Gasteiger partial charge is 0.397 e. The molecular weight excluding hydrogens is 290 g/mol. The highest BCUT2D eigenvalue weighted by molar-refractivity contribution is 9.10. The minimum Gasteiger partial charge on any atom is -0.397 e. The second kappa shape index (κ2) is 5.47. The van der Waals surface area contributed by atoms with Crippen LogP contribution in [0.25, 0.3) is 0 Å². The van der Waals surface area contributed by atoms with Crippen molar-refractivity contribution in [1.82, 2.24) is 4.98 Å². The molecule has 0 saturated heterocycles. The summed E-state index contributed by atoms with van der Waals surface area (Å²) in [4.78, 5) is 6.79. The van der Waals surface area contributed by atoms with Gasteiger partial charge in [-0.3, -0.25) is 0 Å². The smallest absolute Gasteiger partial charge is 0.143 e. The topological polar surface area (TPSA) is 42.1 Å². The molecule has 2 rings (SSSR count). The molecule has 4 heteroatoms. The van der Waals surface area contributed by atoms with Crippen molar-refractivity contribution in [3.63, 3.8) is 0 Å². The zero-order valence-corrected chi connectivity index (χ0v) is 13.0. The highest BCUT2D eigenvalue weighted by atomic mass is 79.9. The molecule has 0 amide bonds. The first-order chi connectivity index (χ1) is 8.50. The van der Waals surface area contributed by atoms with Gasteiger partial charge in [0.2, 0.25) is 0 Å². The van der Waals surface area contributed by atoms with Gasteiger partial charge in [-0.25, -0.2) is 4.98 Å². The molecule has 100 valence electrons. The predicted molar refractivity (Wildman–Crippen MR) is 80.9 cm³/mol. The van der Waals surface area contributed by atoms with Gasteiger partial charge in [0.25, 0.3) is 0 Å². The van der Waals surface area contributed by atoms with Gasteiger partial charge in [-0.1, -0.05) is 6.92 Å². The molecule has 18 heavy (non-hydrogen) atoms. The molecule has 0 atom stereocenters. The number of aromatic nitrogens is 1. The molecule has 1 fully saturated rings. The van der Waals surface area contributed by atoms with Crippen LogP contribution in [0.1, 0.15) is 38.2 Å². The molecule has 1 aromatic heterocycles. The van der Waals surface area contributed by atoms with E-state index in [1.165, 1.54) is 25.7 Å². The summed E-state index contributed by atoms with van der Waals surface area (Å²) in [6.07, 6.45) is 6.92. The fourth-order valence-electron chi connectivity index (χ4n) is 2.63. The molecule has 0 aromatic carbocycles. The summed E-state index contributed by atoms with van der Waals surface area (Å²) in [5.41, 5.74) is 7.70. The maximum atomic E-state index is 5.88. The van der Waals surface area contributed by atoms with Crippen LogP contribution in [0.5, 0.6) is 0 Å². The summed E-state index contributed by atoms with van der Waals surface area (Å²) >= 11 is 3.63. The molecule has 1 heterocycles. The van der Waals surface area contributed by atoms with E-state index in [4.69, 9.17) is 5.73 Å². The van der Waals surface area contributed by atoms with Crippen molar-refractivity contribution in [2.45, 2.75) is 45.6 Å². The van der Waals surface area contributed by atoms with E-state index in [2.05, 4.69) is 39.8 Å². The number of nitrogen functional groups attached to an aromatic ring is 1. The van der Waals surface area contributed by atoms with Gasteiger partial charge in [0.1, 0.15) is 5.82 Å². The van der Waals surface area contributed by atoms with E-state index in [1.807, 2.05) is 6.92 Å². The highest BCUT2D eigenvalue weighted by Gasteiger charge is 2.24. The van der Waals surface area contributed by atoms with E-state index < -0.39 is 0 Å². The molecule has 0 radical (unpaired) electrons. The van der Waals surface area contributed by atoms with Crippen LogP contribution in [0.15, 0.2) is 10.7 Å². The third kappa shape index (κ3) is 2.63. The van der Waals surface area contributed by atoms with Crippen LogP contribution in [0, 0.1) is 12.8 Å². The summed E-state index contributed by atoms with van der Waals surface area (Å²) in [5, 5.41) is 0. The monoisotopic (exact) mass is 311 g/mol. The Morgan fingerprint density at radius 1 is 1.33 bits per heavy atom. The van der Waals surface area contributed by atoms with Crippen LogP contribution in [-0.2, 0) is 0 Å². The first kappa shape index (κ1) is 13.7. The van der Waals surface area contributed by atoms with Gasteiger partial charge >= 0.3 is 0 Å². The molecule has 0 aliphatic heterocycles. The number of rotatable bonds is 2. The SMILES string of the molecule is Cc1c(N)cnc(N(C)C2CCC(C)CC2)c1Br. The van der Waals surface area contributed by atoms with E-state index in [-0.39, 0.29) is 0 Å². The van der Waals surface area contributed by atoms with Gasteiger partial charge in [0.05, 0.1) is 16.4 Å². The van der Waals surface area contributed by atoms with Crippen molar-refractivity contribution in [2.24, 2.45) is 5.92 Å². The van der Waals surface area contributed by atoms with E-state index >= 15 is 0 Å². The number of pyridine rings is 1. The molecule has 0 unspecified atom stereocenters.